The van der Waals surface area contributed by atoms with Crippen LogP contribution in [0.4, 0.5) is 0 Å². The van der Waals surface area contributed by atoms with Gasteiger partial charge in [-0.05, 0) is 346 Å². The fraction of sp³-hybridized carbons (Fsp3) is 0.189. The number of rotatable bonds is 24. The summed E-state index contributed by atoms with van der Waals surface area (Å²) in [7, 11) is -1.09. The molecule has 0 amide bonds. The zero-order valence-electron chi connectivity index (χ0n) is 65.4. The van der Waals surface area contributed by atoms with E-state index in [1.807, 2.05) is 189 Å². The third-order valence-electron chi connectivity index (χ3n) is 17.4. The van der Waals surface area contributed by atoms with Gasteiger partial charge in [0.25, 0.3) is 0 Å². The van der Waals surface area contributed by atoms with Crippen LogP contribution in [0.1, 0.15) is 81.1 Å². The third kappa shape index (κ3) is 28.1. The maximum absolute atomic E-state index is 12.3. The molecule has 0 aliphatic heterocycles. The van der Waals surface area contributed by atoms with Gasteiger partial charge in [0.05, 0.1) is 43.6 Å². The predicted octanol–water partition coefficient (Wildman–Crippen LogP) is 26.3. The van der Waals surface area contributed by atoms with E-state index in [0.29, 0.717) is 28.7 Å². The molecular formula is C95H87Br5ClIO11S4+4. The number of carbonyl (C=O) groups is 5. The van der Waals surface area contributed by atoms with Crippen LogP contribution in [0.3, 0.4) is 0 Å². The molecule has 0 radical (unpaired) electrons. The molecule has 22 heteroatoms. The fourth-order valence-corrected chi connectivity index (χ4v) is 20.7. The van der Waals surface area contributed by atoms with E-state index < -0.39 is 13.0 Å². The van der Waals surface area contributed by atoms with Crippen LogP contribution in [-0.4, -0.2) is 59.9 Å². The van der Waals surface area contributed by atoms with Crippen molar-refractivity contribution in [3.05, 3.63) is 329 Å². The summed E-state index contributed by atoms with van der Waals surface area (Å²) in [5, 5.41) is 0.718. The highest BCUT2D eigenvalue weighted by molar-refractivity contribution is 14.1. The first-order chi connectivity index (χ1) is 55.9. The van der Waals surface area contributed by atoms with Gasteiger partial charge in [0, 0.05) is 13.1 Å². The van der Waals surface area contributed by atoms with E-state index in [1.54, 1.807) is 48.5 Å². The molecule has 5 unspecified atom stereocenters. The van der Waals surface area contributed by atoms with E-state index >= 15 is 0 Å². The summed E-state index contributed by atoms with van der Waals surface area (Å²) < 4.78 is 33.2. The summed E-state index contributed by atoms with van der Waals surface area (Å²) in [6.45, 7) is 14.2. The SMILES string of the molecule is CC(Br)C(=O)Oc1ccc([S+](c2ccccc2)c2ccc(OCC(=O)OC3(C)CCCC3)cc2)cc1.CC(C)(Br)C(=O)Oc1ccc([S+](c2ccccc2)c2ccc(Br)cc2)cc1.CC(C)(Br)C(=O)Oc1ccc([S+](c2ccccc2)c2ccc(Cl)cc2)cc1.CC(C)(Br)C(=O)Oc1ccc([S+](c2ccccc2)c2ccc(I)cc2)cc1. The molecule has 0 saturated heterocycles. The minimum absolute atomic E-state index is 0.105. The Bertz CT molecular complexity index is 4810. The average Bonchev–Trinajstić information content (AvgIpc) is 0.868. The van der Waals surface area contributed by atoms with Crippen LogP contribution in [0.15, 0.2) is 379 Å². The lowest BCUT2D eigenvalue weighted by atomic mass is 10.1. The maximum Gasteiger partial charge on any atom is 0.344 e. The summed E-state index contributed by atoms with van der Waals surface area (Å²) in [6.07, 6.45) is 4.02. The summed E-state index contributed by atoms with van der Waals surface area (Å²) >= 11 is 25.1. The standard InChI is InChI=1S/C29H30BrO5S.C22H19Br2O2S.C22H19BrClO2S.C22H19BrIO2S/c1-21(30)28(32)34-23-12-16-26(17-13-23)36(24-8-4-3-5-9-24)25-14-10-22(11-15-25)33-20-27(31)35-29(2)18-6-7-19-29;1-22(2,24)21(25)26-17-10-14-20(15-11-17)27(18-6-4-3-5-7-18)19-12-8-16(23)9-13-19;2*1-22(2,23)21(25)26-17-10-14-20(15-11-17)27(18-6-4-3-5-7-18)19-12-8-16(24)9-13-19/h3-5,8-17,21H,6-7,18-20H2,1-2H3;3*3-15H,1-2H3/q4*+1. The van der Waals surface area contributed by atoms with Gasteiger partial charge in [0.15, 0.2) is 65.4 Å². The average molecular weight is 2090 g/mol. The summed E-state index contributed by atoms with van der Waals surface area (Å²) in [5.41, 5.74) is -0.353. The molecule has 13 rings (SSSR count). The maximum atomic E-state index is 12.3. The van der Waals surface area contributed by atoms with Gasteiger partial charge in [-0.25, -0.2) is 4.79 Å². The van der Waals surface area contributed by atoms with Crippen LogP contribution in [-0.2, 0) is 72.3 Å². The number of hydrogen-bond donors (Lipinski definition) is 0. The highest BCUT2D eigenvalue weighted by Gasteiger charge is 2.37. The van der Waals surface area contributed by atoms with Gasteiger partial charge in [0.2, 0.25) is 0 Å². The number of benzene rings is 12. The Kier molecular flexibility index (Phi) is 34.3. The van der Waals surface area contributed by atoms with Gasteiger partial charge in [-0.2, -0.15) is 0 Å². The molecular weight excluding hydrogens is 2010 g/mol. The number of carbonyl (C=O) groups excluding carboxylic acids is 5. The molecule has 12 aromatic carbocycles. The zero-order chi connectivity index (χ0) is 83.9. The van der Waals surface area contributed by atoms with E-state index in [4.69, 9.17) is 40.0 Å². The van der Waals surface area contributed by atoms with Gasteiger partial charge in [0.1, 0.15) is 52.1 Å². The van der Waals surface area contributed by atoms with Gasteiger partial charge in [-0.1, -0.05) is 164 Å². The minimum Gasteiger partial charge on any atom is -0.482 e. The lowest BCUT2D eigenvalue weighted by molar-refractivity contribution is -0.160. The second-order valence-electron chi connectivity index (χ2n) is 28.2. The molecule has 5 atom stereocenters. The quantitative estimate of drug-likeness (QED) is 0.0188. The lowest BCUT2D eigenvalue weighted by Crippen LogP contribution is -2.30. The smallest absolute Gasteiger partial charge is 0.344 e. The second kappa shape index (κ2) is 43.7. The highest BCUT2D eigenvalue weighted by Crippen LogP contribution is 2.40. The summed E-state index contributed by atoms with van der Waals surface area (Å²) in [4.78, 5) is 74.2. The van der Waals surface area contributed by atoms with Crippen molar-refractivity contribution >= 4 is 187 Å². The van der Waals surface area contributed by atoms with Crippen molar-refractivity contribution in [3.63, 3.8) is 0 Å². The van der Waals surface area contributed by atoms with Crippen molar-refractivity contribution < 1.29 is 52.4 Å². The first kappa shape index (κ1) is 91.9. The number of esters is 5. The van der Waals surface area contributed by atoms with Crippen molar-refractivity contribution in [1.29, 1.82) is 0 Å². The Hall–Kier alpha value is -7.39. The molecule has 11 nitrogen and oxygen atoms in total. The molecule has 0 heterocycles. The molecule has 0 aromatic heterocycles. The molecule has 1 aliphatic rings. The van der Waals surface area contributed by atoms with Crippen molar-refractivity contribution in [2.24, 2.45) is 0 Å². The van der Waals surface area contributed by atoms with E-state index in [9.17, 15) is 24.0 Å². The van der Waals surface area contributed by atoms with Crippen molar-refractivity contribution in [2.75, 3.05) is 6.61 Å². The number of alkyl halides is 4. The first-order valence-electron chi connectivity index (χ1n) is 37.2. The lowest BCUT2D eigenvalue weighted by Gasteiger charge is -2.23. The minimum atomic E-state index is -0.719. The topological polar surface area (TPSA) is 141 Å². The Labute approximate surface area is 758 Å². The van der Waals surface area contributed by atoms with Gasteiger partial charge in [-0.3, -0.25) is 19.2 Å². The highest BCUT2D eigenvalue weighted by atomic mass is 127. The van der Waals surface area contributed by atoms with Gasteiger partial charge in [-0.15, -0.1) is 0 Å². The molecule has 0 bridgehead atoms. The van der Waals surface area contributed by atoms with Crippen LogP contribution >= 0.6 is 114 Å². The molecule has 0 spiro atoms. The van der Waals surface area contributed by atoms with Crippen LogP contribution in [0.2, 0.25) is 5.02 Å². The van der Waals surface area contributed by atoms with E-state index in [-0.39, 0.29) is 90.5 Å². The molecule has 1 saturated carbocycles. The normalized spacial score (nSPS) is 13.6. The monoisotopic (exact) mass is 2090 g/mol. The largest absolute Gasteiger partial charge is 0.482 e. The predicted molar refractivity (Wildman–Crippen MR) is 500 cm³/mol. The van der Waals surface area contributed by atoms with Gasteiger partial charge < -0.3 is 28.4 Å². The van der Waals surface area contributed by atoms with Crippen molar-refractivity contribution in [1.82, 2.24) is 0 Å². The molecule has 602 valence electrons. The summed E-state index contributed by atoms with van der Waals surface area (Å²) in [5.74, 6) is 1.14. The molecule has 12 aromatic rings. The van der Waals surface area contributed by atoms with Crippen LogP contribution in [0, 0.1) is 3.57 Å². The Morgan fingerprint density at radius 1 is 0.376 bits per heavy atom. The second-order valence-corrected chi connectivity index (χ2v) is 46.3. The van der Waals surface area contributed by atoms with Gasteiger partial charge >= 0.3 is 29.8 Å². The number of hydrogen-bond acceptors (Lipinski definition) is 11. The van der Waals surface area contributed by atoms with E-state index in [2.05, 4.69) is 236 Å². The Morgan fingerprint density at radius 3 is 0.889 bits per heavy atom. The van der Waals surface area contributed by atoms with E-state index in [0.717, 1.165) is 49.9 Å². The van der Waals surface area contributed by atoms with Crippen LogP contribution in [0.25, 0.3) is 0 Å². The van der Waals surface area contributed by atoms with Crippen LogP contribution < -0.4 is 23.7 Å². The Balaban J connectivity index is 0.000000166. The molecule has 1 fully saturated rings. The number of ether oxygens (including phenoxy) is 6. The summed E-state index contributed by atoms with van der Waals surface area (Å²) in [6, 6.07) is 105. The zero-order valence-corrected chi connectivity index (χ0v) is 79.5. The van der Waals surface area contributed by atoms with Crippen molar-refractivity contribution in [3.8, 4) is 28.7 Å². The third-order valence-corrected chi connectivity index (χ3v) is 29.1. The molecule has 0 N–H and O–H groups in total. The number of halogens is 7. The first-order valence-corrected chi connectivity index (χ1v) is 47.7. The van der Waals surface area contributed by atoms with Crippen molar-refractivity contribution in [2.45, 2.75) is 163 Å². The van der Waals surface area contributed by atoms with E-state index in [1.165, 1.54) is 47.6 Å². The van der Waals surface area contributed by atoms with Crippen LogP contribution in [0.5, 0.6) is 28.7 Å². The molecule has 117 heavy (non-hydrogen) atoms. The fourth-order valence-electron chi connectivity index (χ4n) is 11.4. The Morgan fingerprint density at radius 2 is 0.615 bits per heavy atom. The molecule has 1 aliphatic carbocycles.